The Bertz CT molecular complexity index is 553. The molecular weight excluding hydrogens is 366 g/mol. The van der Waals surface area contributed by atoms with E-state index in [9.17, 15) is 9.59 Å². The summed E-state index contributed by atoms with van der Waals surface area (Å²) in [5.41, 5.74) is 0. The number of carboxylic acid groups (broad SMARTS) is 1. The van der Waals surface area contributed by atoms with E-state index in [1.807, 2.05) is 0 Å². The number of carbonyl (C=O) groups is 2. The first-order valence-corrected chi connectivity index (χ1v) is 7.32. The minimum atomic E-state index is -0.987. The van der Waals surface area contributed by atoms with Crippen LogP contribution in [0.4, 0.5) is 0 Å². The predicted molar refractivity (Wildman–Crippen MR) is 78.5 cm³/mol. The molecule has 0 radical (unpaired) electrons. The van der Waals surface area contributed by atoms with E-state index in [1.54, 1.807) is 18.2 Å². The second-order valence-corrected chi connectivity index (χ2v) is 5.81. The summed E-state index contributed by atoms with van der Waals surface area (Å²) >= 11 is 9.08. The fourth-order valence-corrected chi connectivity index (χ4v) is 2.72. The highest BCUT2D eigenvalue weighted by Gasteiger charge is 2.35. The molecular formula is C13H13BrClNO5. The molecule has 2 atom stereocenters. The lowest BCUT2D eigenvalue weighted by Gasteiger charge is -2.16. The molecule has 8 heteroatoms. The molecule has 0 saturated carbocycles. The number of ether oxygens (including phenoxy) is 2. The number of halogens is 2. The van der Waals surface area contributed by atoms with Gasteiger partial charge in [0.05, 0.1) is 23.7 Å². The predicted octanol–water partition coefficient (Wildman–Crippen LogP) is 1.70. The molecule has 1 fully saturated rings. The number of carboxylic acids is 1. The van der Waals surface area contributed by atoms with Gasteiger partial charge in [-0.05, 0) is 34.1 Å². The van der Waals surface area contributed by atoms with Gasteiger partial charge in [-0.1, -0.05) is 11.6 Å². The van der Waals surface area contributed by atoms with Crippen molar-refractivity contribution in [2.75, 3.05) is 19.8 Å². The standard InChI is InChI=1S/C13H13BrClNO5/c14-9-3-7(15)1-2-11(9)21-6-12(17)16-10-5-20-4-8(10)13(18)19/h1-3,8,10H,4-6H2,(H,16,17)(H,18,19). The van der Waals surface area contributed by atoms with E-state index < -0.39 is 23.8 Å². The molecule has 0 bridgehead atoms. The maximum Gasteiger partial charge on any atom is 0.311 e. The third kappa shape index (κ3) is 4.33. The van der Waals surface area contributed by atoms with E-state index in [1.165, 1.54) is 0 Å². The number of aliphatic carboxylic acids is 1. The van der Waals surface area contributed by atoms with E-state index in [0.29, 0.717) is 15.2 Å². The Morgan fingerprint density at radius 1 is 1.48 bits per heavy atom. The summed E-state index contributed by atoms with van der Waals surface area (Å²) in [4.78, 5) is 22.8. The van der Waals surface area contributed by atoms with Crippen LogP contribution in [-0.2, 0) is 14.3 Å². The number of hydrogen-bond acceptors (Lipinski definition) is 4. The minimum Gasteiger partial charge on any atom is -0.483 e. The van der Waals surface area contributed by atoms with Crippen LogP contribution in [0, 0.1) is 5.92 Å². The highest BCUT2D eigenvalue weighted by atomic mass is 79.9. The van der Waals surface area contributed by atoms with Gasteiger partial charge in [0.1, 0.15) is 11.7 Å². The van der Waals surface area contributed by atoms with Crippen molar-refractivity contribution < 1.29 is 24.2 Å². The van der Waals surface area contributed by atoms with Crippen LogP contribution in [0.2, 0.25) is 5.02 Å². The molecule has 0 spiro atoms. The quantitative estimate of drug-likeness (QED) is 0.814. The molecule has 2 N–H and O–H groups in total. The number of amides is 1. The van der Waals surface area contributed by atoms with Crippen LogP contribution in [0.1, 0.15) is 0 Å². The normalized spacial score (nSPS) is 21.0. The number of carbonyl (C=O) groups excluding carboxylic acids is 1. The second kappa shape index (κ2) is 7.11. The monoisotopic (exact) mass is 377 g/mol. The summed E-state index contributed by atoms with van der Waals surface area (Å²) in [5, 5.41) is 12.1. The Morgan fingerprint density at radius 3 is 2.90 bits per heavy atom. The Balaban J connectivity index is 1.86. The number of hydrogen-bond donors (Lipinski definition) is 2. The minimum absolute atomic E-state index is 0.101. The summed E-state index contributed by atoms with van der Waals surface area (Å²) < 4.78 is 11.1. The fraction of sp³-hybridized carbons (Fsp3) is 0.385. The van der Waals surface area contributed by atoms with E-state index in [4.69, 9.17) is 26.2 Å². The number of rotatable bonds is 5. The molecule has 0 aliphatic carbocycles. The van der Waals surface area contributed by atoms with Crippen LogP contribution in [0.5, 0.6) is 5.75 Å². The van der Waals surface area contributed by atoms with Crippen LogP contribution in [0.15, 0.2) is 22.7 Å². The SMILES string of the molecule is O=C(COc1ccc(Cl)cc1Br)NC1COCC1C(=O)O. The molecule has 1 amide bonds. The van der Waals surface area contributed by atoms with E-state index in [2.05, 4.69) is 21.2 Å². The van der Waals surface area contributed by atoms with Crippen molar-refractivity contribution in [2.24, 2.45) is 5.92 Å². The zero-order valence-corrected chi connectivity index (χ0v) is 13.2. The van der Waals surface area contributed by atoms with E-state index in [-0.39, 0.29) is 19.8 Å². The molecule has 1 aromatic rings. The van der Waals surface area contributed by atoms with Gasteiger partial charge in [-0.2, -0.15) is 0 Å². The summed E-state index contributed by atoms with van der Waals surface area (Å²) in [6, 6.07) is 4.40. The maximum atomic E-state index is 11.8. The van der Waals surface area contributed by atoms with Crippen molar-refractivity contribution >= 4 is 39.4 Å². The Hall–Kier alpha value is -1.31. The average molecular weight is 379 g/mol. The van der Waals surface area contributed by atoms with Crippen molar-refractivity contribution in [2.45, 2.75) is 6.04 Å². The van der Waals surface area contributed by atoms with Gasteiger partial charge in [-0.3, -0.25) is 9.59 Å². The lowest BCUT2D eigenvalue weighted by atomic mass is 10.0. The third-order valence-corrected chi connectivity index (χ3v) is 3.85. The van der Waals surface area contributed by atoms with Gasteiger partial charge in [-0.15, -0.1) is 0 Å². The van der Waals surface area contributed by atoms with Crippen LogP contribution in [0.25, 0.3) is 0 Å². The second-order valence-electron chi connectivity index (χ2n) is 4.52. The number of benzene rings is 1. The van der Waals surface area contributed by atoms with Gasteiger partial charge < -0.3 is 19.9 Å². The lowest BCUT2D eigenvalue weighted by molar-refractivity contribution is -0.142. The van der Waals surface area contributed by atoms with Gasteiger partial charge in [0.25, 0.3) is 5.91 Å². The Kier molecular flexibility index (Phi) is 5.44. The fourth-order valence-electron chi connectivity index (χ4n) is 1.92. The first-order chi connectivity index (χ1) is 9.97. The van der Waals surface area contributed by atoms with Crippen LogP contribution >= 0.6 is 27.5 Å². The summed E-state index contributed by atoms with van der Waals surface area (Å²) in [6.45, 7) is 0.0697. The maximum absolute atomic E-state index is 11.8. The van der Waals surface area contributed by atoms with Gasteiger partial charge in [0.2, 0.25) is 0 Å². The molecule has 1 heterocycles. The molecule has 1 saturated heterocycles. The zero-order valence-electron chi connectivity index (χ0n) is 10.8. The van der Waals surface area contributed by atoms with Crippen LogP contribution in [-0.4, -0.2) is 42.8 Å². The summed E-state index contributed by atoms with van der Waals surface area (Å²) in [7, 11) is 0. The highest BCUT2D eigenvalue weighted by Crippen LogP contribution is 2.27. The van der Waals surface area contributed by atoms with Gasteiger partial charge in [0.15, 0.2) is 6.61 Å². The molecule has 21 heavy (non-hydrogen) atoms. The average Bonchev–Trinajstić information content (AvgIpc) is 2.86. The summed E-state index contributed by atoms with van der Waals surface area (Å²) in [5.74, 6) is -1.64. The van der Waals surface area contributed by atoms with Crippen LogP contribution < -0.4 is 10.1 Å². The Morgan fingerprint density at radius 2 is 2.24 bits per heavy atom. The van der Waals surface area contributed by atoms with Crippen LogP contribution in [0.3, 0.4) is 0 Å². The molecule has 1 aliphatic heterocycles. The third-order valence-electron chi connectivity index (χ3n) is 3.00. The molecule has 114 valence electrons. The molecule has 2 rings (SSSR count). The first-order valence-electron chi connectivity index (χ1n) is 6.15. The van der Waals surface area contributed by atoms with Crippen molar-refractivity contribution in [1.29, 1.82) is 0 Å². The molecule has 6 nitrogen and oxygen atoms in total. The largest absolute Gasteiger partial charge is 0.483 e. The smallest absolute Gasteiger partial charge is 0.311 e. The van der Waals surface area contributed by atoms with Crippen molar-refractivity contribution in [3.63, 3.8) is 0 Å². The van der Waals surface area contributed by atoms with Gasteiger partial charge >= 0.3 is 5.97 Å². The number of nitrogens with one attached hydrogen (secondary N) is 1. The van der Waals surface area contributed by atoms with E-state index in [0.717, 1.165) is 0 Å². The van der Waals surface area contributed by atoms with E-state index >= 15 is 0 Å². The molecule has 1 aromatic carbocycles. The lowest BCUT2D eigenvalue weighted by Crippen LogP contribution is -2.44. The van der Waals surface area contributed by atoms with Gasteiger partial charge in [-0.25, -0.2) is 0 Å². The zero-order chi connectivity index (χ0) is 15.4. The molecule has 1 aliphatic rings. The summed E-state index contributed by atoms with van der Waals surface area (Å²) in [6.07, 6.45) is 0. The topological polar surface area (TPSA) is 84.9 Å². The molecule has 2 unspecified atom stereocenters. The van der Waals surface area contributed by atoms with Crippen molar-refractivity contribution in [3.05, 3.63) is 27.7 Å². The highest BCUT2D eigenvalue weighted by molar-refractivity contribution is 9.10. The van der Waals surface area contributed by atoms with Crippen molar-refractivity contribution in [1.82, 2.24) is 5.32 Å². The first kappa shape index (κ1) is 16.1. The van der Waals surface area contributed by atoms with Gasteiger partial charge in [0, 0.05) is 5.02 Å². The Labute approximate surface area is 134 Å². The molecule has 0 aromatic heterocycles. The van der Waals surface area contributed by atoms with Crippen molar-refractivity contribution in [3.8, 4) is 5.75 Å².